The van der Waals surface area contributed by atoms with Crippen molar-refractivity contribution in [3.63, 3.8) is 0 Å². The number of alkyl halides is 3. The van der Waals surface area contributed by atoms with E-state index in [1.54, 1.807) is 12.3 Å². The summed E-state index contributed by atoms with van der Waals surface area (Å²) in [5.41, 5.74) is 3.35. The highest BCUT2D eigenvalue weighted by atomic mass is 19.4. The lowest BCUT2D eigenvalue weighted by molar-refractivity contribution is -0.137. The number of hydrogen-bond acceptors (Lipinski definition) is 3. The third-order valence-corrected chi connectivity index (χ3v) is 4.03. The van der Waals surface area contributed by atoms with Crippen LogP contribution in [-0.4, -0.2) is 16.4 Å². The topological polar surface area (TPSA) is 28.2 Å². The lowest BCUT2D eigenvalue weighted by atomic mass is 10.1. The number of nitrogens with zero attached hydrogens (tertiary/aromatic N) is 2. The molecule has 0 spiro atoms. The van der Waals surface area contributed by atoms with Gasteiger partial charge in [-0.15, -0.1) is 0 Å². The predicted molar refractivity (Wildman–Crippen MR) is 102 cm³/mol. The fourth-order valence-corrected chi connectivity index (χ4v) is 2.59. The quantitative estimate of drug-likeness (QED) is 0.707. The van der Waals surface area contributed by atoms with E-state index in [4.69, 9.17) is 0 Å². The molecule has 1 N–H and O–H groups in total. The molecular formula is C21H24F3N3. The Labute approximate surface area is 158 Å². The van der Waals surface area contributed by atoms with Gasteiger partial charge in [-0.1, -0.05) is 18.7 Å². The Kier molecular flexibility index (Phi) is 6.66. The molecule has 0 aliphatic heterocycles. The van der Waals surface area contributed by atoms with Gasteiger partial charge in [0.15, 0.2) is 0 Å². The molecular weight excluding hydrogens is 351 g/mol. The summed E-state index contributed by atoms with van der Waals surface area (Å²) in [4.78, 5) is 6.19. The molecule has 0 unspecified atom stereocenters. The van der Waals surface area contributed by atoms with Gasteiger partial charge in [-0.2, -0.15) is 13.2 Å². The van der Waals surface area contributed by atoms with Crippen molar-refractivity contribution in [2.24, 2.45) is 0 Å². The van der Waals surface area contributed by atoms with Crippen LogP contribution in [0.2, 0.25) is 0 Å². The average Bonchev–Trinajstić information content (AvgIpc) is 2.61. The fraction of sp³-hybridized carbons (Fsp3) is 0.286. The first kappa shape index (κ1) is 20.6. The summed E-state index contributed by atoms with van der Waals surface area (Å²) in [6.45, 7) is 10.8. The van der Waals surface area contributed by atoms with Gasteiger partial charge < -0.3 is 10.2 Å². The van der Waals surface area contributed by atoms with Crippen molar-refractivity contribution >= 4 is 5.70 Å². The molecule has 0 radical (unpaired) electrons. The maximum atomic E-state index is 12.9. The minimum atomic E-state index is -4.33. The van der Waals surface area contributed by atoms with Gasteiger partial charge in [0.2, 0.25) is 0 Å². The predicted octanol–water partition coefficient (Wildman–Crippen LogP) is 5.35. The van der Waals surface area contributed by atoms with Crippen LogP contribution in [0.15, 0.2) is 61.1 Å². The van der Waals surface area contributed by atoms with E-state index in [-0.39, 0.29) is 0 Å². The van der Waals surface area contributed by atoms with E-state index < -0.39 is 11.7 Å². The molecule has 0 fully saturated rings. The summed E-state index contributed by atoms with van der Waals surface area (Å²) in [6, 6.07) is 9.26. The SMILES string of the molecule is C=C(N/C(C)=C/N(CC)Cc1cccc(C(F)(F)F)c1)c1ccc(C)nc1. The molecule has 1 aromatic heterocycles. The second-order valence-corrected chi connectivity index (χ2v) is 6.37. The van der Waals surface area contributed by atoms with Gasteiger partial charge in [0.05, 0.1) is 5.56 Å². The maximum Gasteiger partial charge on any atom is 0.416 e. The molecule has 2 aromatic rings. The van der Waals surface area contributed by atoms with E-state index in [1.807, 2.05) is 44.0 Å². The zero-order valence-electron chi connectivity index (χ0n) is 15.8. The van der Waals surface area contributed by atoms with Crippen molar-refractivity contribution in [2.75, 3.05) is 6.54 Å². The van der Waals surface area contributed by atoms with E-state index in [9.17, 15) is 13.2 Å². The molecule has 0 bridgehead atoms. The van der Waals surface area contributed by atoms with Crippen LogP contribution in [0.1, 0.15) is 36.2 Å². The van der Waals surface area contributed by atoms with Gasteiger partial charge in [-0.25, -0.2) is 0 Å². The first-order valence-electron chi connectivity index (χ1n) is 8.66. The van der Waals surface area contributed by atoms with Crippen LogP contribution < -0.4 is 5.32 Å². The van der Waals surface area contributed by atoms with Gasteiger partial charge in [-0.05, 0) is 50.6 Å². The minimum Gasteiger partial charge on any atom is -0.372 e. The second kappa shape index (κ2) is 8.75. The monoisotopic (exact) mass is 375 g/mol. The number of aryl methyl sites for hydroxylation is 1. The van der Waals surface area contributed by atoms with Crippen molar-refractivity contribution in [3.05, 3.63) is 83.5 Å². The first-order valence-corrected chi connectivity index (χ1v) is 8.66. The van der Waals surface area contributed by atoms with Gasteiger partial charge in [0.1, 0.15) is 0 Å². The highest BCUT2D eigenvalue weighted by molar-refractivity contribution is 5.62. The van der Waals surface area contributed by atoms with Crippen LogP contribution in [0.3, 0.4) is 0 Å². The largest absolute Gasteiger partial charge is 0.416 e. The molecule has 0 atom stereocenters. The van der Waals surface area contributed by atoms with E-state index in [0.717, 1.165) is 23.0 Å². The number of nitrogens with one attached hydrogen (secondary N) is 1. The Bertz CT molecular complexity index is 808. The Morgan fingerprint density at radius 3 is 2.59 bits per heavy atom. The van der Waals surface area contributed by atoms with E-state index in [1.165, 1.54) is 12.1 Å². The Morgan fingerprint density at radius 1 is 1.26 bits per heavy atom. The molecule has 6 heteroatoms. The molecule has 0 aliphatic rings. The minimum absolute atomic E-state index is 0.387. The number of hydrogen-bond donors (Lipinski definition) is 1. The summed E-state index contributed by atoms with van der Waals surface area (Å²) in [5.74, 6) is 0. The van der Waals surface area contributed by atoms with E-state index >= 15 is 0 Å². The van der Waals surface area contributed by atoms with Gasteiger partial charge >= 0.3 is 6.18 Å². The van der Waals surface area contributed by atoms with Crippen molar-refractivity contribution < 1.29 is 13.2 Å². The second-order valence-electron chi connectivity index (χ2n) is 6.37. The Balaban J connectivity index is 2.06. The third-order valence-electron chi connectivity index (χ3n) is 4.03. The molecule has 0 amide bonds. The smallest absolute Gasteiger partial charge is 0.372 e. The highest BCUT2D eigenvalue weighted by Gasteiger charge is 2.30. The van der Waals surface area contributed by atoms with Crippen LogP contribution >= 0.6 is 0 Å². The Morgan fingerprint density at radius 2 is 2.00 bits per heavy atom. The van der Waals surface area contributed by atoms with Crippen LogP contribution in [0.5, 0.6) is 0 Å². The molecule has 3 nitrogen and oxygen atoms in total. The first-order chi connectivity index (χ1) is 12.7. The molecule has 1 heterocycles. The molecule has 2 rings (SSSR count). The van der Waals surface area contributed by atoms with Crippen LogP contribution in [0, 0.1) is 6.92 Å². The zero-order valence-corrected chi connectivity index (χ0v) is 15.8. The molecule has 27 heavy (non-hydrogen) atoms. The summed E-state index contributed by atoms with van der Waals surface area (Å²) in [6.07, 6.45) is -0.703. The van der Waals surface area contributed by atoms with Crippen molar-refractivity contribution in [1.82, 2.24) is 15.2 Å². The van der Waals surface area contributed by atoms with E-state index in [0.29, 0.717) is 24.4 Å². The van der Waals surface area contributed by atoms with Gasteiger partial charge in [-0.3, -0.25) is 4.98 Å². The number of aromatic nitrogens is 1. The lowest BCUT2D eigenvalue weighted by Gasteiger charge is -2.21. The highest BCUT2D eigenvalue weighted by Crippen LogP contribution is 2.29. The summed E-state index contributed by atoms with van der Waals surface area (Å²) >= 11 is 0. The number of benzene rings is 1. The zero-order chi connectivity index (χ0) is 20.0. The fourth-order valence-electron chi connectivity index (χ4n) is 2.59. The van der Waals surface area contributed by atoms with Crippen molar-refractivity contribution in [2.45, 2.75) is 33.5 Å². The normalized spacial score (nSPS) is 12.0. The summed E-state index contributed by atoms with van der Waals surface area (Å²) in [5, 5.41) is 3.21. The summed E-state index contributed by atoms with van der Waals surface area (Å²) in [7, 11) is 0. The molecule has 0 aliphatic carbocycles. The molecule has 144 valence electrons. The van der Waals surface area contributed by atoms with Crippen LogP contribution in [-0.2, 0) is 12.7 Å². The third kappa shape index (κ3) is 6.16. The number of pyridine rings is 1. The van der Waals surface area contributed by atoms with E-state index in [2.05, 4.69) is 16.9 Å². The van der Waals surface area contributed by atoms with Crippen molar-refractivity contribution in [1.29, 1.82) is 0 Å². The lowest BCUT2D eigenvalue weighted by Crippen LogP contribution is -2.20. The number of allylic oxidation sites excluding steroid dienone is 1. The van der Waals surface area contributed by atoms with Crippen LogP contribution in [0.4, 0.5) is 13.2 Å². The standard InChI is InChI=1S/C21H24F3N3/c1-5-27(14-18-7-6-8-20(11-18)21(22,23)24)13-16(3)26-17(4)19-10-9-15(2)25-12-19/h6-13,26H,4-5,14H2,1-3H3/b16-13+. The number of rotatable bonds is 7. The number of halogens is 3. The van der Waals surface area contributed by atoms with Crippen molar-refractivity contribution in [3.8, 4) is 0 Å². The Hall–Kier alpha value is -2.76. The average molecular weight is 375 g/mol. The van der Waals surface area contributed by atoms with Crippen LogP contribution in [0.25, 0.3) is 5.70 Å². The summed E-state index contributed by atoms with van der Waals surface area (Å²) < 4.78 is 38.6. The molecule has 0 saturated carbocycles. The van der Waals surface area contributed by atoms with Gasteiger partial charge in [0.25, 0.3) is 0 Å². The molecule has 1 aromatic carbocycles. The maximum absolute atomic E-state index is 12.9. The van der Waals surface area contributed by atoms with Gasteiger partial charge in [0, 0.05) is 48.1 Å². The molecule has 0 saturated heterocycles.